The first-order chi connectivity index (χ1) is 7.97. The smallest absolute Gasteiger partial charge is 0.496 e. The predicted molar refractivity (Wildman–Crippen MR) is 57.9 cm³/mol. The molecule has 0 unspecified atom stereocenters. The van der Waals surface area contributed by atoms with Gasteiger partial charge < -0.3 is 17.7 Å². The van der Waals surface area contributed by atoms with Crippen molar-refractivity contribution in [2.75, 3.05) is 6.61 Å². The van der Waals surface area contributed by atoms with E-state index >= 15 is 0 Å². The molecule has 1 aliphatic carbocycles. The Morgan fingerprint density at radius 3 is 2.39 bits per heavy atom. The second-order valence-corrected chi connectivity index (χ2v) is 4.36. The number of hydrogen-bond acceptors (Lipinski definition) is 1. The largest absolute Gasteiger partial charge is 1.00 e. The molecule has 0 saturated heterocycles. The molecule has 0 spiro atoms. The van der Waals surface area contributed by atoms with Crippen LogP contribution in [0.25, 0.3) is 0 Å². The summed E-state index contributed by atoms with van der Waals surface area (Å²) in [6, 6.07) is 2.36. The van der Waals surface area contributed by atoms with Gasteiger partial charge in [0.05, 0.1) is 12.4 Å². The zero-order chi connectivity index (χ0) is 12.5. The van der Waals surface area contributed by atoms with Gasteiger partial charge in [0.1, 0.15) is 5.82 Å². The van der Waals surface area contributed by atoms with Gasteiger partial charge in [-0.3, -0.25) is 0 Å². The second-order valence-electron chi connectivity index (χ2n) is 4.36. The van der Waals surface area contributed by atoms with E-state index in [1.807, 2.05) is 0 Å². The van der Waals surface area contributed by atoms with Gasteiger partial charge >= 0.3 is 58.4 Å². The van der Waals surface area contributed by atoms with Crippen LogP contribution < -0.4 is 61.6 Å². The third kappa shape index (κ3) is 4.23. The first kappa shape index (κ1) is 16.5. The van der Waals surface area contributed by atoms with Gasteiger partial charge in [0, 0.05) is 6.07 Å². The SMILES string of the molecule is Fc1ccc([B-](F)(F)F)c(OCC2CCC2)c1.[K+]. The minimum absolute atomic E-state index is 0. The van der Waals surface area contributed by atoms with Crippen LogP contribution in [0.2, 0.25) is 0 Å². The quantitative estimate of drug-likeness (QED) is 0.562. The molecule has 7 heteroatoms. The van der Waals surface area contributed by atoms with Crippen LogP contribution in [0, 0.1) is 11.7 Å². The van der Waals surface area contributed by atoms with Crippen LogP contribution in [-0.2, 0) is 0 Å². The van der Waals surface area contributed by atoms with Crippen molar-refractivity contribution in [3.05, 3.63) is 24.0 Å². The molecule has 1 aliphatic rings. The van der Waals surface area contributed by atoms with Crippen LogP contribution in [0.5, 0.6) is 5.75 Å². The van der Waals surface area contributed by atoms with E-state index < -0.39 is 18.3 Å². The molecule has 1 saturated carbocycles. The maximum absolute atomic E-state index is 12.9. The predicted octanol–water partition coefficient (Wildman–Crippen LogP) is 0.0630. The van der Waals surface area contributed by atoms with Crippen LogP contribution in [0.1, 0.15) is 19.3 Å². The first-order valence-corrected chi connectivity index (χ1v) is 5.59. The fourth-order valence-electron chi connectivity index (χ4n) is 1.77. The summed E-state index contributed by atoms with van der Waals surface area (Å²) in [6.45, 7) is -4.92. The Hall–Kier alpha value is 0.441. The number of benzene rings is 1. The summed E-state index contributed by atoms with van der Waals surface area (Å²) in [5.41, 5.74) is -0.856. The molecule has 0 heterocycles. The molecule has 1 fully saturated rings. The summed E-state index contributed by atoms with van der Waals surface area (Å²) < 4.78 is 56.0. The van der Waals surface area contributed by atoms with Gasteiger partial charge in [0.2, 0.25) is 0 Å². The number of ether oxygens (including phenoxy) is 1. The van der Waals surface area contributed by atoms with Gasteiger partial charge in [-0.15, -0.1) is 0 Å². The maximum atomic E-state index is 12.9. The van der Waals surface area contributed by atoms with Crippen molar-refractivity contribution in [1.82, 2.24) is 0 Å². The number of halogens is 4. The Balaban J connectivity index is 0.00000162. The Labute approximate surface area is 146 Å². The van der Waals surface area contributed by atoms with Crippen molar-refractivity contribution in [2.24, 2.45) is 5.92 Å². The van der Waals surface area contributed by atoms with Crippen LogP contribution >= 0.6 is 0 Å². The van der Waals surface area contributed by atoms with Gasteiger partial charge in [0.15, 0.2) is 0 Å². The molecule has 0 radical (unpaired) electrons. The molecule has 0 aliphatic heterocycles. The molecule has 94 valence electrons. The molecule has 1 aromatic carbocycles. The van der Waals surface area contributed by atoms with Crippen LogP contribution in [0.15, 0.2) is 18.2 Å². The standard InChI is InChI=1S/C11H12BF4O.K/c13-9-4-5-10(12(14,15)16)11(6-9)17-7-8-2-1-3-8;/h4-6,8H,1-3,7H2;/q-1;+1. The summed E-state index contributed by atoms with van der Waals surface area (Å²) >= 11 is 0. The molecule has 1 aromatic rings. The number of rotatable bonds is 4. The average Bonchev–Trinajstić information content (AvgIpc) is 2.13. The van der Waals surface area contributed by atoms with Crippen molar-refractivity contribution < 1.29 is 73.5 Å². The van der Waals surface area contributed by atoms with E-state index in [2.05, 4.69) is 0 Å². The molecule has 0 bridgehead atoms. The summed E-state index contributed by atoms with van der Waals surface area (Å²) in [6.07, 6.45) is 3.04. The molecular formula is C11H12BF4KO. The van der Waals surface area contributed by atoms with Gasteiger partial charge in [-0.25, -0.2) is 4.39 Å². The van der Waals surface area contributed by atoms with E-state index in [0.717, 1.165) is 37.5 Å². The van der Waals surface area contributed by atoms with Crippen LogP contribution in [0.4, 0.5) is 17.3 Å². The average molecular weight is 286 g/mol. The van der Waals surface area contributed by atoms with Gasteiger partial charge in [-0.2, -0.15) is 0 Å². The zero-order valence-electron chi connectivity index (χ0n) is 10.1. The molecule has 18 heavy (non-hydrogen) atoms. The zero-order valence-corrected chi connectivity index (χ0v) is 13.3. The normalized spacial score (nSPS) is 15.8. The van der Waals surface area contributed by atoms with Crippen LogP contribution in [-0.4, -0.2) is 13.6 Å². The van der Waals surface area contributed by atoms with Gasteiger partial charge in [0.25, 0.3) is 0 Å². The molecule has 2 rings (SSSR count). The molecule has 0 amide bonds. The Kier molecular flexibility index (Phi) is 6.18. The second kappa shape index (κ2) is 6.74. The van der Waals surface area contributed by atoms with E-state index in [-0.39, 0.29) is 63.7 Å². The minimum Gasteiger partial charge on any atom is -0.496 e. The monoisotopic (exact) mass is 286 g/mol. The third-order valence-electron chi connectivity index (χ3n) is 3.03. The van der Waals surface area contributed by atoms with Crippen LogP contribution in [0.3, 0.4) is 0 Å². The first-order valence-electron chi connectivity index (χ1n) is 5.59. The molecule has 0 atom stereocenters. The summed E-state index contributed by atoms with van der Waals surface area (Å²) in [7, 11) is 0. The Morgan fingerprint density at radius 2 is 1.89 bits per heavy atom. The Morgan fingerprint density at radius 1 is 1.22 bits per heavy atom. The molecule has 1 nitrogen and oxygen atoms in total. The summed E-state index contributed by atoms with van der Waals surface area (Å²) in [5.74, 6) is -0.784. The van der Waals surface area contributed by atoms with E-state index in [1.54, 1.807) is 0 Å². The summed E-state index contributed by atoms with van der Waals surface area (Å²) in [4.78, 5) is 0. The van der Waals surface area contributed by atoms with E-state index in [4.69, 9.17) is 4.74 Å². The van der Waals surface area contributed by atoms with Gasteiger partial charge in [-0.05, 0) is 24.8 Å². The van der Waals surface area contributed by atoms with E-state index in [0.29, 0.717) is 5.92 Å². The van der Waals surface area contributed by atoms with Crippen molar-refractivity contribution in [3.8, 4) is 5.75 Å². The topological polar surface area (TPSA) is 9.23 Å². The van der Waals surface area contributed by atoms with E-state index in [9.17, 15) is 17.3 Å². The fraction of sp³-hybridized carbons (Fsp3) is 0.455. The molecule has 0 aromatic heterocycles. The number of hydrogen-bond donors (Lipinski definition) is 0. The maximum Gasteiger partial charge on any atom is 1.00 e. The van der Waals surface area contributed by atoms with Crippen molar-refractivity contribution in [3.63, 3.8) is 0 Å². The molecular weight excluding hydrogens is 274 g/mol. The fourth-order valence-corrected chi connectivity index (χ4v) is 1.77. The van der Waals surface area contributed by atoms with Gasteiger partial charge in [-0.1, -0.05) is 17.9 Å². The minimum atomic E-state index is -5.16. The summed E-state index contributed by atoms with van der Waals surface area (Å²) in [5, 5.41) is 0. The third-order valence-corrected chi connectivity index (χ3v) is 3.03. The van der Waals surface area contributed by atoms with Crippen molar-refractivity contribution in [2.45, 2.75) is 19.3 Å². The molecule has 0 N–H and O–H groups in total. The Bertz CT molecular complexity index is 407. The van der Waals surface area contributed by atoms with E-state index in [1.165, 1.54) is 0 Å². The van der Waals surface area contributed by atoms with Crippen molar-refractivity contribution >= 4 is 12.4 Å². The van der Waals surface area contributed by atoms with Crippen molar-refractivity contribution in [1.29, 1.82) is 0 Å².